The van der Waals surface area contributed by atoms with Crippen molar-refractivity contribution in [2.24, 2.45) is 5.10 Å². The molecule has 0 aliphatic heterocycles. The molecule has 0 aliphatic carbocycles. The van der Waals surface area contributed by atoms with Crippen LogP contribution in [0.1, 0.15) is 5.56 Å². The van der Waals surface area contributed by atoms with E-state index < -0.39 is 0 Å². The highest BCUT2D eigenvalue weighted by molar-refractivity contribution is 5.83. The van der Waals surface area contributed by atoms with Gasteiger partial charge in [-0.25, -0.2) is 0 Å². The third-order valence-corrected chi connectivity index (χ3v) is 2.24. The van der Waals surface area contributed by atoms with Gasteiger partial charge in [0.2, 0.25) is 0 Å². The van der Waals surface area contributed by atoms with E-state index in [2.05, 4.69) is 10.5 Å². The van der Waals surface area contributed by atoms with Crippen LogP contribution in [-0.4, -0.2) is 21.5 Å². The molecule has 0 atom stereocenters. The van der Waals surface area contributed by atoms with Gasteiger partial charge in [-0.05, 0) is 12.1 Å². The second kappa shape index (κ2) is 5.09. The van der Waals surface area contributed by atoms with Crippen molar-refractivity contribution in [3.8, 4) is 17.2 Å². The summed E-state index contributed by atoms with van der Waals surface area (Å²) in [5, 5.41) is 31.9. The fraction of sp³-hybridized carbons (Fsp3) is 0. The minimum Gasteiger partial charge on any atom is -0.508 e. The number of rotatable bonds is 3. The van der Waals surface area contributed by atoms with Crippen LogP contribution in [0.25, 0.3) is 0 Å². The van der Waals surface area contributed by atoms with Crippen LogP contribution in [0.3, 0.4) is 0 Å². The molecule has 0 unspecified atom stereocenters. The molecule has 2 aromatic carbocycles. The van der Waals surface area contributed by atoms with Crippen LogP contribution in [0.15, 0.2) is 47.6 Å². The second-order valence-electron chi connectivity index (χ2n) is 3.67. The number of hydrazone groups is 1. The van der Waals surface area contributed by atoms with E-state index in [1.165, 1.54) is 24.4 Å². The lowest BCUT2D eigenvalue weighted by Gasteiger charge is -2.02. The zero-order valence-electron chi connectivity index (χ0n) is 9.41. The number of nitrogens with one attached hydrogen (secondary N) is 1. The molecule has 0 amide bonds. The Labute approximate surface area is 104 Å². The fourth-order valence-corrected chi connectivity index (χ4v) is 1.43. The summed E-state index contributed by atoms with van der Waals surface area (Å²) in [5.41, 5.74) is 3.65. The maximum Gasteiger partial charge on any atom is 0.124 e. The minimum absolute atomic E-state index is 0.0599. The zero-order chi connectivity index (χ0) is 13.0. The summed E-state index contributed by atoms with van der Waals surface area (Å²) in [7, 11) is 0. The Morgan fingerprint density at radius 2 is 1.61 bits per heavy atom. The van der Waals surface area contributed by atoms with Crippen molar-refractivity contribution in [1.29, 1.82) is 0 Å². The van der Waals surface area contributed by atoms with Gasteiger partial charge in [-0.3, -0.25) is 5.43 Å². The predicted octanol–water partition coefficient (Wildman–Crippen LogP) is 2.25. The molecule has 5 nitrogen and oxygen atoms in total. The second-order valence-corrected chi connectivity index (χ2v) is 3.67. The first-order valence-corrected chi connectivity index (χ1v) is 5.25. The van der Waals surface area contributed by atoms with E-state index in [9.17, 15) is 15.3 Å². The van der Waals surface area contributed by atoms with Crippen LogP contribution in [0.2, 0.25) is 0 Å². The van der Waals surface area contributed by atoms with Crippen molar-refractivity contribution < 1.29 is 15.3 Å². The lowest BCUT2D eigenvalue weighted by molar-refractivity contribution is 0.451. The van der Waals surface area contributed by atoms with Crippen LogP contribution in [0.5, 0.6) is 17.2 Å². The first-order valence-electron chi connectivity index (χ1n) is 5.25. The average molecular weight is 244 g/mol. The maximum absolute atomic E-state index is 9.50. The monoisotopic (exact) mass is 244 g/mol. The van der Waals surface area contributed by atoms with Crippen molar-refractivity contribution in [2.75, 3.05) is 5.43 Å². The van der Waals surface area contributed by atoms with E-state index in [4.69, 9.17) is 0 Å². The number of benzene rings is 2. The highest BCUT2D eigenvalue weighted by Gasteiger charge is 1.98. The summed E-state index contributed by atoms with van der Waals surface area (Å²) >= 11 is 0. The molecule has 0 heterocycles. The Bertz CT molecular complexity index is 562. The third-order valence-electron chi connectivity index (χ3n) is 2.24. The molecule has 4 N–H and O–H groups in total. The summed E-state index contributed by atoms with van der Waals surface area (Å²) < 4.78 is 0. The van der Waals surface area contributed by atoms with E-state index >= 15 is 0 Å². The molecule has 2 rings (SSSR count). The Kier molecular flexibility index (Phi) is 3.33. The first-order chi connectivity index (χ1) is 8.65. The Morgan fingerprint density at radius 1 is 0.944 bits per heavy atom. The molecule has 0 aromatic heterocycles. The van der Waals surface area contributed by atoms with Gasteiger partial charge in [0, 0.05) is 23.8 Å². The molecule has 5 heteroatoms. The summed E-state index contributed by atoms with van der Waals surface area (Å²) in [6.07, 6.45) is 1.44. The third kappa shape index (κ3) is 2.91. The van der Waals surface area contributed by atoms with Gasteiger partial charge in [-0.1, -0.05) is 12.1 Å². The number of phenolic OH excluding ortho intramolecular Hbond substituents is 3. The zero-order valence-corrected chi connectivity index (χ0v) is 9.41. The molecular weight excluding hydrogens is 232 g/mol. The standard InChI is InChI=1S/C13H12N2O3/c16-11-5-10(6-12(17)7-11)15-14-8-9-3-1-2-4-13(9)18/h1-8,15-18H/b14-8-. The van der Waals surface area contributed by atoms with Gasteiger partial charge < -0.3 is 15.3 Å². The van der Waals surface area contributed by atoms with E-state index in [0.717, 1.165) is 0 Å². The van der Waals surface area contributed by atoms with E-state index in [1.54, 1.807) is 24.3 Å². The molecule has 0 spiro atoms. The smallest absolute Gasteiger partial charge is 0.124 e. The highest BCUT2D eigenvalue weighted by atomic mass is 16.3. The number of nitrogens with zero attached hydrogens (tertiary/aromatic N) is 1. The van der Waals surface area contributed by atoms with Crippen molar-refractivity contribution in [3.05, 3.63) is 48.0 Å². The van der Waals surface area contributed by atoms with Gasteiger partial charge >= 0.3 is 0 Å². The average Bonchev–Trinajstić information content (AvgIpc) is 2.30. The molecule has 92 valence electrons. The number of anilines is 1. The first kappa shape index (κ1) is 11.8. The van der Waals surface area contributed by atoms with Gasteiger partial charge in [0.1, 0.15) is 17.2 Å². The van der Waals surface area contributed by atoms with Crippen molar-refractivity contribution >= 4 is 11.9 Å². The summed E-state index contributed by atoms with van der Waals surface area (Å²) in [5.74, 6) is 0.00678. The van der Waals surface area contributed by atoms with Crippen LogP contribution in [-0.2, 0) is 0 Å². The predicted molar refractivity (Wildman–Crippen MR) is 69.1 cm³/mol. The van der Waals surface area contributed by atoms with Gasteiger partial charge in [0.25, 0.3) is 0 Å². The lowest BCUT2D eigenvalue weighted by Crippen LogP contribution is -1.90. The number of para-hydroxylation sites is 1. The van der Waals surface area contributed by atoms with Gasteiger partial charge in [-0.15, -0.1) is 0 Å². The van der Waals surface area contributed by atoms with E-state index in [-0.39, 0.29) is 17.2 Å². The lowest BCUT2D eigenvalue weighted by atomic mass is 10.2. The molecule has 0 bridgehead atoms. The molecule has 18 heavy (non-hydrogen) atoms. The van der Waals surface area contributed by atoms with Gasteiger partial charge in [-0.2, -0.15) is 5.10 Å². The molecule has 0 radical (unpaired) electrons. The quantitative estimate of drug-likeness (QED) is 0.493. The normalized spacial score (nSPS) is 10.7. The molecule has 0 aliphatic rings. The minimum atomic E-state index is -0.0599. The van der Waals surface area contributed by atoms with Crippen molar-refractivity contribution in [3.63, 3.8) is 0 Å². The summed E-state index contributed by atoms with van der Waals surface area (Å²) in [6.45, 7) is 0. The molecule has 0 saturated heterocycles. The molecule has 0 saturated carbocycles. The van der Waals surface area contributed by atoms with E-state index in [1.807, 2.05) is 0 Å². The van der Waals surface area contributed by atoms with Gasteiger partial charge in [0.15, 0.2) is 0 Å². The topological polar surface area (TPSA) is 85.1 Å². The number of hydrogen-bond acceptors (Lipinski definition) is 5. The molecular formula is C13H12N2O3. The summed E-state index contributed by atoms with van der Waals surface area (Å²) in [4.78, 5) is 0. The van der Waals surface area contributed by atoms with Crippen LogP contribution in [0.4, 0.5) is 5.69 Å². The molecule has 2 aromatic rings. The number of aromatic hydroxyl groups is 3. The SMILES string of the molecule is Oc1cc(O)cc(N/N=C\c2ccccc2O)c1. The Balaban J connectivity index is 2.10. The van der Waals surface area contributed by atoms with Crippen molar-refractivity contribution in [2.45, 2.75) is 0 Å². The number of hydrogen-bond donors (Lipinski definition) is 4. The van der Waals surface area contributed by atoms with Gasteiger partial charge in [0.05, 0.1) is 11.9 Å². The van der Waals surface area contributed by atoms with Crippen LogP contribution in [0, 0.1) is 0 Å². The maximum atomic E-state index is 9.50. The Morgan fingerprint density at radius 3 is 2.28 bits per heavy atom. The highest BCUT2D eigenvalue weighted by Crippen LogP contribution is 2.23. The van der Waals surface area contributed by atoms with E-state index in [0.29, 0.717) is 11.3 Å². The van der Waals surface area contributed by atoms with Crippen molar-refractivity contribution in [1.82, 2.24) is 0 Å². The van der Waals surface area contributed by atoms with Crippen LogP contribution >= 0.6 is 0 Å². The fourth-order valence-electron chi connectivity index (χ4n) is 1.43. The van der Waals surface area contributed by atoms with Crippen LogP contribution < -0.4 is 5.43 Å². The molecule has 0 fully saturated rings. The largest absolute Gasteiger partial charge is 0.508 e. The number of phenols is 3. The Hall–Kier alpha value is -2.69. The summed E-state index contributed by atoms with van der Waals surface area (Å²) in [6, 6.07) is 10.8.